The van der Waals surface area contributed by atoms with E-state index in [-0.39, 0.29) is 30.5 Å². The third kappa shape index (κ3) is 13.3. The van der Waals surface area contributed by atoms with Crippen LogP contribution in [0, 0.1) is 0 Å². The number of hydrogen-bond acceptors (Lipinski definition) is 11. The molecule has 15 heteroatoms. The number of esters is 1. The summed E-state index contributed by atoms with van der Waals surface area (Å²) in [6.07, 6.45) is -1.27. The van der Waals surface area contributed by atoms with Crippen LogP contribution in [0.3, 0.4) is 0 Å². The molecule has 3 aromatic carbocycles. The average Bonchev–Trinajstić information content (AvgIpc) is 3.00. The second-order valence-electron chi connectivity index (χ2n) is 12.8. The van der Waals surface area contributed by atoms with Gasteiger partial charge in [-0.2, -0.15) is 4.72 Å². The predicted octanol–water partition coefficient (Wildman–Crippen LogP) is 5.01. The number of rotatable bonds is 12. The van der Waals surface area contributed by atoms with Crippen molar-refractivity contribution < 1.29 is 46.6 Å². The first kappa shape index (κ1) is 38.6. The first-order valence-electron chi connectivity index (χ1n) is 15.5. The summed E-state index contributed by atoms with van der Waals surface area (Å²) in [7, 11) is -2.87. The number of oxime groups is 1. The van der Waals surface area contributed by atoms with Crippen LogP contribution in [0.1, 0.15) is 53.5 Å². The molecule has 0 aliphatic heterocycles. The summed E-state index contributed by atoms with van der Waals surface area (Å²) in [4.78, 5) is 42.3. The zero-order valence-corrected chi connectivity index (χ0v) is 29.5. The van der Waals surface area contributed by atoms with E-state index in [4.69, 9.17) is 23.8 Å². The Morgan fingerprint density at radius 2 is 1.39 bits per heavy atom. The number of carbonyl (C=O) groups is 3. The molecule has 266 valence electrons. The van der Waals surface area contributed by atoms with Crippen molar-refractivity contribution in [3.63, 3.8) is 0 Å². The number of hydrogen-bond donors (Lipinski definition) is 3. The number of fused-ring (bicyclic) bond motifs is 1. The molecule has 0 aliphatic rings. The molecule has 0 aliphatic carbocycles. The van der Waals surface area contributed by atoms with E-state index in [1.165, 1.54) is 13.2 Å². The zero-order chi connectivity index (χ0) is 36.2. The van der Waals surface area contributed by atoms with E-state index in [2.05, 4.69) is 20.5 Å². The highest BCUT2D eigenvalue weighted by molar-refractivity contribution is 7.89. The van der Waals surface area contributed by atoms with Crippen molar-refractivity contribution >= 4 is 44.9 Å². The van der Waals surface area contributed by atoms with Crippen molar-refractivity contribution in [2.45, 2.75) is 76.5 Å². The van der Waals surface area contributed by atoms with E-state index < -0.39 is 45.4 Å². The topological polar surface area (TPSA) is 180 Å². The molecule has 0 radical (unpaired) electrons. The first-order chi connectivity index (χ1) is 23.0. The molecule has 1 atom stereocenters. The van der Waals surface area contributed by atoms with Gasteiger partial charge < -0.3 is 23.8 Å². The summed E-state index contributed by atoms with van der Waals surface area (Å²) in [6, 6.07) is 17.7. The van der Waals surface area contributed by atoms with Crippen molar-refractivity contribution in [3.05, 3.63) is 72.3 Å². The molecule has 3 aromatic rings. The number of sulfonamides is 1. The molecule has 3 rings (SSSR count). The summed E-state index contributed by atoms with van der Waals surface area (Å²) in [6.45, 7) is 10.4. The molecule has 2 amide bonds. The number of benzene rings is 3. The molecule has 0 fully saturated rings. The molecule has 0 unspecified atom stereocenters. The van der Waals surface area contributed by atoms with Gasteiger partial charge in [0.05, 0.1) is 18.6 Å². The number of carbonyl (C=O) groups excluding carboxylic acids is 3. The summed E-state index contributed by atoms with van der Waals surface area (Å²) >= 11 is 0. The number of nitrogens with one attached hydrogen (secondary N) is 3. The number of nitrogens with zero attached hydrogens (tertiary/aromatic N) is 1. The molecular formula is C34H44N4O10S. The van der Waals surface area contributed by atoms with E-state index >= 15 is 0 Å². The summed E-state index contributed by atoms with van der Waals surface area (Å²) in [5.74, 6) is -0.515. The van der Waals surface area contributed by atoms with Crippen LogP contribution in [0.25, 0.3) is 10.8 Å². The van der Waals surface area contributed by atoms with Crippen LogP contribution in [0.2, 0.25) is 0 Å². The normalized spacial score (nSPS) is 12.3. The third-order valence-electron chi connectivity index (χ3n) is 6.23. The SMILES string of the molecule is COC(=O)[C@H](Cc1ccc(OCCCON=C(NC(=O)OC(C)(C)C)NC(=O)OC(C)(C)C)cc1)NS(=O)(=O)c1cccc2ccccc12. The maximum absolute atomic E-state index is 13.3. The molecular weight excluding hydrogens is 656 g/mol. The highest BCUT2D eigenvalue weighted by atomic mass is 32.2. The number of ether oxygens (including phenoxy) is 4. The Hall–Kier alpha value is -4.89. The minimum Gasteiger partial charge on any atom is -0.493 e. The Morgan fingerprint density at radius 1 is 0.796 bits per heavy atom. The molecule has 14 nitrogen and oxygen atoms in total. The van der Waals surface area contributed by atoms with Gasteiger partial charge >= 0.3 is 18.2 Å². The van der Waals surface area contributed by atoms with E-state index in [0.29, 0.717) is 23.1 Å². The summed E-state index contributed by atoms with van der Waals surface area (Å²) in [5.41, 5.74) is -0.893. The fraction of sp³-hybridized carbons (Fsp3) is 0.412. The third-order valence-corrected chi connectivity index (χ3v) is 7.76. The standard InChI is InChI=1S/C34H44N4O10S/c1-33(2,3)47-31(40)35-30(36-32(41)48-34(4,5)6)37-46-21-11-20-45-25-18-16-23(17-19-25)22-27(29(39)44-7)38-49(42,43)28-15-10-13-24-12-8-9-14-26(24)28/h8-10,12-19,27,38H,11,20-22H2,1-7H3,(H2,35,36,37,40,41)/t27-/m0/s1. The van der Waals surface area contributed by atoms with Gasteiger partial charge in [0, 0.05) is 11.8 Å². The fourth-order valence-corrected chi connectivity index (χ4v) is 5.67. The zero-order valence-electron chi connectivity index (χ0n) is 28.7. The van der Waals surface area contributed by atoms with E-state index in [0.717, 1.165) is 5.39 Å². The van der Waals surface area contributed by atoms with Crippen LogP contribution in [0.15, 0.2) is 76.8 Å². The second kappa shape index (κ2) is 17.0. The van der Waals surface area contributed by atoms with Gasteiger partial charge in [0.15, 0.2) is 0 Å². The Labute approximate surface area is 286 Å². The van der Waals surface area contributed by atoms with Gasteiger partial charge in [0.1, 0.15) is 29.6 Å². The number of methoxy groups -OCH3 is 1. The lowest BCUT2D eigenvalue weighted by Gasteiger charge is -2.21. The minimum atomic E-state index is -4.07. The quantitative estimate of drug-likeness (QED) is 0.0581. The molecule has 0 aromatic heterocycles. The lowest BCUT2D eigenvalue weighted by atomic mass is 10.1. The average molecular weight is 701 g/mol. The van der Waals surface area contributed by atoms with Crippen molar-refractivity contribution in [1.82, 2.24) is 15.4 Å². The molecule has 0 bridgehead atoms. The van der Waals surface area contributed by atoms with Gasteiger partial charge in [-0.25, -0.2) is 18.0 Å². The van der Waals surface area contributed by atoms with Gasteiger partial charge in [-0.3, -0.25) is 15.4 Å². The van der Waals surface area contributed by atoms with Crippen LogP contribution < -0.4 is 20.1 Å². The van der Waals surface area contributed by atoms with Crippen LogP contribution in [0.4, 0.5) is 9.59 Å². The van der Waals surface area contributed by atoms with Crippen LogP contribution >= 0.6 is 0 Å². The maximum atomic E-state index is 13.3. The fourth-order valence-electron chi connectivity index (χ4n) is 4.25. The maximum Gasteiger partial charge on any atom is 0.414 e. The highest BCUT2D eigenvalue weighted by Crippen LogP contribution is 2.23. The summed E-state index contributed by atoms with van der Waals surface area (Å²) < 4.78 is 50.2. The number of amides is 2. The van der Waals surface area contributed by atoms with Gasteiger partial charge in [-0.1, -0.05) is 48.5 Å². The lowest BCUT2D eigenvalue weighted by Crippen LogP contribution is -2.47. The van der Waals surface area contributed by atoms with Crippen molar-refractivity contribution in [2.24, 2.45) is 5.16 Å². The first-order valence-corrected chi connectivity index (χ1v) is 16.9. The second-order valence-corrected chi connectivity index (χ2v) is 14.4. The van der Waals surface area contributed by atoms with E-state index in [1.807, 2.05) is 18.2 Å². The van der Waals surface area contributed by atoms with E-state index in [1.54, 1.807) is 84.0 Å². The molecule has 0 saturated carbocycles. The Kier molecular flexibility index (Phi) is 13.4. The van der Waals surface area contributed by atoms with Gasteiger partial charge in [0.2, 0.25) is 10.0 Å². The molecule has 3 N–H and O–H groups in total. The van der Waals surface area contributed by atoms with Crippen LogP contribution in [-0.4, -0.2) is 70.1 Å². The van der Waals surface area contributed by atoms with Crippen molar-refractivity contribution in [1.29, 1.82) is 0 Å². The van der Waals surface area contributed by atoms with Crippen LogP contribution in [-0.2, 0) is 40.3 Å². The highest BCUT2D eigenvalue weighted by Gasteiger charge is 2.28. The van der Waals surface area contributed by atoms with E-state index in [9.17, 15) is 22.8 Å². The number of alkyl carbamates (subject to hydrolysis) is 2. The predicted molar refractivity (Wildman–Crippen MR) is 182 cm³/mol. The smallest absolute Gasteiger partial charge is 0.414 e. The molecule has 0 spiro atoms. The van der Waals surface area contributed by atoms with Crippen molar-refractivity contribution in [2.75, 3.05) is 20.3 Å². The Balaban J connectivity index is 1.55. The summed E-state index contributed by atoms with van der Waals surface area (Å²) in [5, 5.41) is 9.71. The lowest BCUT2D eigenvalue weighted by molar-refractivity contribution is -0.142. The largest absolute Gasteiger partial charge is 0.493 e. The monoisotopic (exact) mass is 700 g/mol. The Bertz CT molecular complexity index is 1690. The van der Waals surface area contributed by atoms with Gasteiger partial charge in [-0.15, -0.1) is 0 Å². The van der Waals surface area contributed by atoms with Crippen molar-refractivity contribution in [3.8, 4) is 5.75 Å². The molecule has 49 heavy (non-hydrogen) atoms. The molecule has 0 saturated heterocycles. The minimum absolute atomic E-state index is 0.0415. The molecule has 0 heterocycles. The number of guanidine groups is 1. The van der Waals surface area contributed by atoms with Gasteiger partial charge in [-0.05, 0) is 82.3 Å². The van der Waals surface area contributed by atoms with Crippen LogP contribution in [0.5, 0.6) is 5.75 Å². The van der Waals surface area contributed by atoms with Gasteiger partial charge in [0.25, 0.3) is 5.96 Å². The Morgan fingerprint density at radius 3 is 1.98 bits per heavy atom.